The fourth-order valence-corrected chi connectivity index (χ4v) is 2.46. The fourth-order valence-electron chi connectivity index (χ4n) is 2.46. The first-order chi connectivity index (χ1) is 10.3. The molecule has 0 aromatic heterocycles. The zero-order valence-corrected chi connectivity index (χ0v) is 12.1. The first kappa shape index (κ1) is 16.3. The van der Waals surface area contributed by atoms with Crippen LogP contribution in [0.4, 0.5) is 13.2 Å². The van der Waals surface area contributed by atoms with Crippen molar-refractivity contribution in [2.45, 2.75) is 32.0 Å². The summed E-state index contributed by atoms with van der Waals surface area (Å²) in [6.45, 7) is 2.57. The highest BCUT2D eigenvalue weighted by Crippen LogP contribution is 2.29. The minimum atomic E-state index is -4.42. The van der Waals surface area contributed by atoms with Crippen LogP contribution in [-0.2, 0) is 11.0 Å². The number of hydrogen-bond donors (Lipinski definition) is 1. The molecule has 2 amide bonds. The molecule has 4 nitrogen and oxygen atoms in total. The molecule has 1 aliphatic heterocycles. The highest BCUT2D eigenvalue weighted by molar-refractivity contribution is 5.94. The van der Waals surface area contributed by atoms with Crippen molar-refractivity contribution in [2.75, 3.05) is 13.1 Å². The van der Waals surface area contributed by atoms with Crippen LogP contribution in [0.2, 0.25) is 0 Å². The van der Waals surface area contributed by atoms with Gasteiger partial charge in [-0.25, -0.2) is 0 Å². The third kappa shape index (κ3) is 3.99. The van der Waals surface area contributed by atoms with E-state index in [1.165, 1.54) is 6.92 Å². The number of nitrogens with one attached hydrogen (secondary N) is 1. The minimum Gasteiger partial charge on any atom is -0.348 e. The summed E-state index contributed by atoms with van der Waals surface area (Å²) in [6.07, 6.45) is -2.88. The van der Waals surface area contributed by atoms with Crippen molar-refractivity contribution in [3.8, 4) is 0 Å². The van der Waals surface area contributed by atoms with Gasteiger partial charge in [-0.15, -0.1) is 0 Å². The van der Waals surface area contributed by atoms with Gasteiger partial charge in [0.15, 0.2) is 0 Å². The molecule has 0 radical (unpaired) electrons. The molecule has 1 atom stereocenters. The van der Waals surface area contributed by atoms with Gasteiger partial charge in [0.2, 0.25) is 5.91 Å². The average Bonchev–Trinajstić information content (AvgIpc) is 2.46. The molecule has 1 aromatic carbocycles. The molecule has 1 aliphatic rings. The second-order valence-corrected chi connectivity index (χ2v) is 5.35. The van der Waals surface area contributed by atoms with Crippen molar-refractivity contribution >= 4 is 11.8 Å². The topological polar surface area (TPSA) is 49.4 Å². The fraction of sp³-hybridized carbons (Fsp3) is 0.467. The number of piperidine rings is 1. The van der Waals surface area contributed by atoms with E-state index in [-0.39, 0.29) is 17.5 Å². The SMILES string of the molecule is CC(=O)N1CCC[C@H](NC(=O)c2ccc(C(F)(F)F)cc2)C1. The Kier molecular flexibility index (Phi) is 4.73. The minimum absolute atomic E-state index is 0.0477. The van der Waals surface area contributed by atoms with Crippen molar-refractivity contribution in [2.24, 2.45) is 0 Å². The van der Waals surface area contributed by atoms with E-state index < -0.39 is 17.6 Å². The second kappa shape index (κ2) is 6.37. The average molecular weight is 314 g/mol. The molecule has 0 bridgehead atoms. The first-order valence-corrected chi connectivity index (χ1v) is 7.01. The standard InChI is InChI=1S/C15H17F3N2O2/c1-10(21)20-8-2-3-13(9-20)19-14(22)11-4-6-12(7-5-11)15(16,17)18/h4-7,13H,2-3,8-9H2,1H3,(H,19,22)/t13-/m0/s1. The van der Waals surface area contributed by atoms with E-state index in [2.05, 4.69) is 5.32 Å². The van der Waals surface area contributed by atoms with Crippen molar-refractivity contribution < 1.29 is 22.8 Å². The Labute approximate surface area is 126 Å². The summed E-state index contributed by atoms with van der Waals surface area (Å²) in [6, 6.07) is 3.91. The molecule has 0 saturated carbocycles. The van der Waals surface area contributed by atoms with Crippen molar-refractivity contribution in [1.82, 2.24) is 10.2 Å². The number of amides is 2. The van der Waals surface area contributed by atoms with Crippen LogP contribution in [0.1, 0.15) is 35.7 Å². The Morgan fingerprint density at radius 1 is 1.23 bits per heavy atom. The molecule has 7 heteroatoms. The quantitative estimate of drug-likeness (QED) is 0.911. The zero-order chi connectivity index (χ0) is 16.3. The number of carbonyl (C=O) groups excluding carboxylic acids is 2. The molecule has 0 unspecified atom stereocenters. The number of likely N-dealkylation sites (tertiary alicyclic amines) is 1. The van der Waals surface area contributed by atoms with E-state index in [0.29, 0.717) is 13.1 Å². The molecule has 1 saturated heterocycles. The van der Waals surface area contributed by atoms with E-state index in [0.717, 1.165) is 37.1 Å². The number of halogens is 3. The van der Waals surface area contributed by atoms with E-state index in [4.69, 9.17) is 0 Å². The normalized spacial score (nSPS) is 18.9. The maximum Gasteiger partial charge on any atom is 0.416 e. The van der Waals surface area contributed by atoms with E-state index >= 15 is 0 Å². The maximum atomic E-state index is 12.5. The van der Waals surface area contributed by atoms with Gasteiger partial charge in [0.05, 0.1) is 5.56 Å². The summed E-state index contributed by atoms with van der Waals surface area (Å²) in [4.78, 5) is 25.0. The maximum absolute atomic E-state index is 12.5. The lowest BCUT2D eigenvalue weighted by atomic mass is 10.0. The highest BCUT2D eigenvalue weighted by atomic mass is 19.4. The Bertz CT molecular complexity index is 555. The van der Waals surface area contributed by atoms with Crippen LogP contribution in [0.15, 0.2) is 24.3 Å². The van der Waals surface area contributed by atoms with Crippen molar-refractivity contribution in [3.63, 3.8) is 0 Å². The predicted molar refractivity (Wildman–Crippen MR) is 74.2 cm³/mol. The van der Waals surface area contributed by atoms with Gasteiger partial charge in [0, 0.05) is 31.6 Å². The molecule has 1 aromatic rings. The molecule has 1 N–H and O–H groups in total. The summed E-state index contributed by atoms with van der Waals surface area (Å²) < 4.78 is 37.4. The summed E-state index contributed by atoms with van der Waals surface area (Å²) in [5.41, 5.74) is -0.614. The van der Waals surface area contributed by atoms with Crippen molar-refractivity contribution in [3.05, 3.63) is 35.4 Å². The Balaban J connectivity index is 1.98. The van der Waals surface area contributed by atoms with Crippen LogP contribution in [0.5, 0.6) is 0 Å². The van der Waals surface area contributed by atoms with E-state index in [1.54, 1.807) is 4.90 Å². The summed E-state index contributed by atoms with van der Waals surface area (Å²) in [5.74, 6) is -0.474. The lowest BCUT2D eigenvalue weighted by molar-refractivity contribution is -0.137. The van der Waals surface area contributed by atoms with Crippen LogP contribution in [0.3, 0.4) is 0 Å². The number of nitrogens with zero attached hydrogens (tertiary/aromatic N) is 1. The molecule has 2 rings (SSSR count). The lowest BCUT2D eigenvalue weighted by Crippen LogP contribution is -2.49. The highest BCUT2D eigenvalue weighted by Gasteiger charge is 2.30. The monoisotopic (exact) mass is 314 g/mol. The molecule has 0 aliphatic carbocycles. The number of alkyl halides is 3. The molecule has 0 spiro atoms. The van der Waals surface area contributed by atoms with Crippen LogP contribution >= 0.6 is 0 Å². The van der Waals surface area contributed by atoms with Gasteiger partial charge >= 0.3 is 6.18 Å². The van der Waals surface area contributed by atoms with Gasteiger partial charge in [-0.1, -0.05) is 0 Å². The summed E-state index contributed by atoms with van der Waals surface area (Å²) >= 11 is 0. The Hall–Kier alpha value is -2.05. The molecule has 1 fully saturated rings. The van der Waals surface area contributed by atoms with Gasteiger partial charge in [-0.05, 0) is 37.1 Å². The van der Waals surface area contributed by atoms with Gasteiger partial charge in [0.1, 0.15) is 0 Å². The number of carbonyl (C=O) groups is 2. The largest absolute Gasteiger partial charge is 0.416 e. The Morgan fingerprint density at radius 3 is 2.41 bits per heavy atom. The summed E-state index contributed by atoms with van der Waals surface area (Å²) in [7, 11) is 0. The Morgan fingerprint density at radius 2 is 1.86 bits per heavy atom. The third-order valence-electron chi connectivity index (χ3n) is 3.68. The number of rotatable bonds is 2. The number of hydrogen-bond acceptors (Lipinski definition) is 2. The van der Waals surface area contributed by atoms with E-state index in [9.17, 15) is 22.8 Å². The molecular weight excluding hydrogens is 297 g/mol. The first-order valence-electron chi connectivity index (χ1n) is 7.01. The van der Waals surface area contributed by atoms with Crippen LogP contribution in [-0.4, -0.2) is 35.8 Å². The molecule has 120 valence electrons. The van der Waals surface area contributed by atoms with Gasteiger partial charge in [0.25, 0.3) is 5.91 Å². The molecule has 1 heterocycles. The van der Waals surface area contributed by atoms with Crippen molar-refractivity contribution in [1.29, 1.82) is 0 Å². The van der Waals surface area contributed by atoms with E-state index in [1.807, 2.05) is 0 Å². The van der Waals surface area contributed by atoms with Gasteiger partial charge in [-0.3, -0.25) is 9.59 Å². The number of benzene rings is 1. The lowest BCUT2D eigenvalue weighted by Gasteiger charge is -2.32. The predicted octanol–water partition coefficient (Wildman–Crippen LogP) is 2.45. The van der Waals surface area contributed by atoms with Crippen LogP contribution in [0, 0.1) is 0 Å². The summed E-state index contributed by atoms with van der Waals surface area (Å²) in [5, 5.41) is 2.76. The molecular formula is C15H17F3N2O2. The second-order valence-electron chi connectivity index (χ2n) is 5.35. The van der Waals surface area contributed by atoms with Crippen LogP contribution < -0.4 is 5.32 Å². The molecule has 22 heavy (non-hydrogen) atoms. The van der Waals surface area contributed by atoms with Gasteiger partial charge in [-0.2, -0.15) is 13.2 Å². The third-order valence-corrected chi connectivity index (χ3v) is 3.68. The smallest absolute Gasteiger partial charge is 0.348 e. The zero-order valence-electron chi connectivity index (χ0n) is 12.1. The van der Waals surface area contributed by atoms with Crippen LogP contribution in [0.25, 0.3) is 0 Å². The van der Waals surface area contributed by atoms with Gasteiger partial charge < -0.3 is 10.2 Å².